The number of aromatic amines is 1. The average molecular weight is 308 g/mol. The molecule has 2 aromatic rings. The second kappa shape index (κ2) is 6.62. The normalized spacial score (nSPS) is 12.3. The van der Waals surface area contributed by atoms with Crippen molar-refractivity contribution in [2.45, 2.75) is 39.3 Å². The number of H-pyrrole nitrogens is 1. The molecular weight excluding hydrogens is 288 g/mol. The maximum atomic E-state index is 12.0. The number of hydrogen-bond acceptors (Lipinski definition) is 5. The zero-order chi connectivity index (χ0) is 15.4. The highest BCUT2D eigenvalue weighted by atomic mass is 32.1. The SMILES string of the molecule is CCCn1c(N)c(NC(CC)c2cccs2)c(=O)[nH]c1=O. The third kappa shape index (κ3) is 3.18. The molecule has 0 fully saturated rings. The lowest BCUT2D eigenvalue weighted by atomic mass is 10.2. The van der Waals surface area contributed by atoms with Crippen molar-refractivity contribution in [1.82, 2.24) is 9.55 Å². The van der Waals surface area contributed by atoms with E-state index in [1.807, 2.05) is 31.4 Å². The molecule has 0 aliphatic carbocycles. The Morgan fingerprint density at radius 2 is 2.19 bits per heavy atom. The summed E-state index contributed by atoms with van der Waals surface area (Å²) in [6.45, 7) is 4.46. The quantitative estimate of drug-likeness (QED) is 0.762. The van der Waals surface area contributed by atoms with E-state index >= 15 is 0 Å². The van der Waals surface area contributed by atoms with Crippen LogP contribution in [0.1, 0.15) is 37.6 Å². The Balaban J connectivity index is 2.42. The Hall–Kier alpha value is -2.02. The molecule has 2 heterocycles. The Morgan fingerprint density at radius 1 is 1.43 bits per heavy atom. The van der Waals surface area contributed by atoms with Crippen molar-refractivity contribution < 1.29 is 0 Å². The number of thiophene rings is 1. The zero-order valence-electron chi connectivity index (χ0n) is 12.2. The van der Waals surface area contributed by atoms with Crippen molar-refractivity contribution in [3.8, 4) is 0 Å². The predicted octanol–water partition coefficient (Wildman–Crippen LogP) is 2.15. The van der Waals surface area contributed by atoms with Gasteiger partial charge in [0.15, 0.2) is 0 Å². The highest BCUT2D eigenvalue weighted by molar-refractivity contribution is 7.10. The molecule has 114 valence electrons. The van der Waals surface area contributed by atoms with Gasteiger partial charge in [0, 0.05) is 11.4 Å². The monoisotopic (exact) mass is 308 g/mol. The van der Waals surface area contributed by atoms with E-state index in [1.165, 1.54) is 4.57 Å². The van der Waals surface area contributed by atoms with Gasteiger partial charge in [-0.3, -0.25) is 14.3 Å². The molecule has 1 atom stereocenters. The third-order valence-electron chi connectivity index (χ3n) is 3.30. The standard InChI is InChI=1S/C14H20N4O2S/c1-3-7-18-12(15)11(13(19)17-14(18)20)16-9(4-2)10-6-5-8-21-10/h5-6,8-9,16H,3-4,7,15H2,1-2H3,(H,17,19,20). The molecule has 2 rings (SSSR count). The number of anilines is 2. The van der Waals surface area contributed by atoms with Gasteiger partial charge >= 0.3 is 5.69 Å². The first kappa shape index (κ1) is 15.4. The summed E-state index contributed by atoms with van der Waals surface area (Å²) in [6, 6.07) is 3.98. The Morgan fingerprint density at radius 3 is 2.76 bits per heavy atom. The molecule has 4 N–H and O–H groups in total. The minimum Gasteiger partial charge on any atom is -0.383 e. The molecule has 0 saturated carbocycles. The predicted molar refractivity (Wildman–Crippen MR) is 87.0 cm³/mol. The van der Waals surface area contributed by atoms with Gasteiger partial charge in [-0.25, -0.2) is 4.79 Å². The summed E-state index contributed by atoms with van der Waals surface area (Å²) in [5, 5.41) is 5.17. The molecule has 0 aliphatic rings. The number of nitrogens with one attached hydrogen (secondary N) is 2. The third-order valence-corrected chi connectivity index (χ3v) is 4.29. The summed E-state index contributed by atoms with van der Waals surface area (Å²) < 4.78 is 1.39. The second-order valence-electron chi connectivity index (χ2n) is 4.79. The first-order chi connectivity index (χ1) is 10.1. The van der Waals surface area contributed by atoms with E-state index in [0.29, 0.717) is 6.54 Å². The molecule has 0 aromatic carbocycles. The van der Waals surface area contributed by atoms with Crippen LogP contribution < -0.4 is 22.3 Å². The van der Waals surface area contributed by atoms with Crippen LogP contribution in [0.25, 0.3) is 0 Å². The summed E-state index contributed by atoms with van der Waals surface area (Å²) >= 11 is 1.62. The van der Waals surface area contributed by atoms with Crippen LogP contribution >= 0.6 is 11.3 Å². The van der Waals surface area contributed by atoms with Crippen LogP contribution in [0.2, 0.25) is 0 Å². The van der Waals surface area contributed by atoms with Crippen molar-refractivity contribution in [1.29, 1.82) is 0 Å². The van der Waals surface area contributed by atoms with Crippen LogP contribution in [0.3, 0.4) is 0 Å². The van der Waals surface area contributed by atoms with E-state index in [-0.39, 0.29) is 17.5 Å². The van der Waals surface area contributed by atoms with Gasteiger partial charge < -0.3 is 11.1 Å². The number of rotatable bonds is 6. The number of nitrogens with zero attached hydrogens (tertiary/aromatic N) is 1. The first-order valence-corrected chi connectivity index (χ1v) is 7.88. The summed E-state index contributed by atoms with van der Waals surface area (Å²) in [4.78, 5) is 27.3. The Kier molecular flexibility index (Phi) is 4.85. The summed E-state index contributed by atoms with van der Waals surface area (Å²) in [5.41, 5.74) is 5.34. The van der Waals surface area contributed by atoms with Gasteiger partial charge in [0.05, 0.1) is 6.04 Å². The lowest BCUT2D eigenvalue weighted by Gasteiger charge is -2.19. The Labute approximate surface area is 126 Å². The maximum absolute atomic E-state index is 12.0. The van der Waals surface area contributed by atoms with Crippen molar-refractivity contribution in [2.24, 2.45) is 0 Å². The van der Waals surface area contributed by atoms with Crippen molar-refractivity contribution in [3.05, 3.63) is 43.2 Å². The van der Waals surface area contributed by atoms with Crippen LogP contribution in [-0.2, 0) is 6.54 Å². The molecule has 0 bridgehead atoms. The molecule has 0 saturated heterocycles. The van der Waals surface area contributed by atoms with Crippen LogP contribution in [0.4, 0.5) is 11.5 Å². The molecule has 0 aliphatic heterocycles. The largest absolute Gasteiger partial charge is 0.383 e. The lowest BCUT2D eigenvalue weighted by Crippen LogP contribution is -2.34. The second-order valence-corrected chi connectivity index (χ2v) is 5.77. The fraction of sp³-hybridized carbons (Fsp3) is 0.429. The first-order valence-electron chi connectivity index (χ1n) is 7.01. The van der Waals surface area contributed by atoms with E-state index in [1.54, 1.807) is 11.3 Å². The number of hydrogen-bond donors (Lipinski definition) is 3. The molecule has 7 heteroatoms. The van der Waals surface area contributed by atoms with Gasteiger partial charge in [0.2, 0.25) is 0 Å². The summed E-state index contributed by atoms with van der Waals surface area (Å²) in [7, 11) is 0. The van der Waals surface area contributed by atoms with Crippen molar-refractivity contribution >= 4 is 22.8 Å². The molecule has 6 nitrogen and oxygen atoms in total. The highest BCUT2D eigenvalue weighted by Gasteiger charge is 2.17. The van der Waals surface area contributed by atoms with Crippen molar-refractivity contribution in [3.63, 3.8) is 0 Å². The molecule has 21 heavy (non-hydrogen) atoms. The lowest BCUT2D eigenvalue weighted by molar-refractivity contribution is 0.640. The van der Waals surface area contributed by atoms with Gasteiger partial charge in [-0.1, -0.05) is 19.9 Å². The molecular formula is C14H20N4O2S. The molecule has 2 aromatic heterocycles. The topological polar surface area (TPSA) is 92.9 Å². The minimum absolute atomic E-state index is 0.000906. The van der Waals surface area contributed by atoms with E-state index in [2.05, 4.69) is 10.3 Å². The van der Waals surface area contributed by atoms with Gasteiger partial charge in [0.25, 0.3) is 5.56 Å². The number of nitrogens with two attached hydrogens (primary N) is 1. The summed E-state index contributed by atoms with van der Waals surface area (Å²) in [6.07, 6.45) is 1.57. The van der Waals surface area contributed by atoms with Crippen molar-refractivity contribution in [2.75, 3.05) is 11.1 Å². The van der Waals surface area contributed by atoms with Crippen LogP contribution in [0.15, 0.2) is 27.1 Å². The molecule has 1 unspecified atom stereocenters. The average Bonchev–Trinajstić information content (AvgIpc) is 2.97. The van der Waals surface area contributed by atoms with Crippen LogP contribution in [-0.4, -0.2) is 9.55 Å². The number of aromatic nitrogens is 2. The zero-order valence-corrected chi connectivity index (χ0v) is 13.0. The van der Waals surface area contributed by atoms with Crippen LogP contribution in [0, 0.1) is 0 Å². The molecule has 0 spiro atoms. The molecule has 0 radical (unpaired) electrons. The summed E-state index contributed by atoms with van der Waals surface area (Å²) in [5.74, 6) is 0.195. The van der Waals surface area contributed by atoms with Gasteiger partial charge in [-0.2, -0.15) is 0 Å². The number of nitrogen functional groups attached to an aromatic ring is 1. The highest BCUT2D eigenvalue weighted by Crippen LogP contribution is 2.26. The van der Waals surface area contributed by atoms with E-state index in [9.17, 15) is 9.59 Å². The smallest absolute Gasteiger partial charge is 0.330 e. The van der Waals surface area contributed by atoms with Gasteiger partial charge in [-0.15, -0.1) is 11.3 Å². The fourth-order valence-electron chi connectivity index (χ4n) is 2.21. The van der Waals surface area contributed by atoms with Gasteiger partial charge in [-0.05, 0) is 24.3 Å². The van der Waals surface area contributed by atoms with E-state index in [0.717, 1.165) is 17.7 Å². The maximum Gasteiger partial charge on any atom is 0.330 e. The van der Waals surface area contributed by atoms with Gasteiger partial charge in [0.1, 0.15) is 11.5 Å². The fourth-order valence-corrected chi connectivity index (χ4v) is 3.07. The minimum atomic E-state index is -0.472. The van der Waals surface area contributed by atoms with Crippen LogP contribution in [0.5, 0.6) is 0 Å². The Bertz CT molecular complexity index is 703. The molecule has 0 amide bonds. The van der Waals surface area contributed by atoms with E-state index < -0.39 is 11.2 Å². The van der Waals surface area contributed by atoms with E-state index in [4.69, 9.17) is 5.73 Å².